The van der Waals surface area contributed by atoms with Gasteiger partial charge in [-0.25, -0.2) is 0 Å². The van der Waals surface area contributed by atoms with Crippen molar-refractivity contribution in [3.63, 3.8) is 0 Å². The summed E-state index contributed by atoms with van der Waals surface area (Å²) in [5.74, 6) is 0.818. The molecule has 1 unspecified atom stereocenters. The summed E-state index contributed by atoms with van der Waals surface area (Å²) in [5.41, 5.74) is 7.00. The van der Waals surface area contributed by atoms with E-state index in [0.717, 1.165) is 11.1 Å². The lowest BCUT2D eigenvalue weighted by Gasteiger charge is -2.19. The molecule has 2 rings (SSSR count). The number of hydrogen-bond donors (Lipinski definition) is 2. The predicted molar refractivity (Wildman–Crippen MR) is 83.6 cm³/mol. The summed E-state index contributed by atoms with van der Waals surface area (Å²) in [6.07, 6.45) is 0. The molecule has 0 bridgehead atoms. The maximum absolute atomic E-state index is 12.0. The van der Waals surface area contributed by atoms with Crippen molar-refractivity contribution < 1.29 is 9.32 Å². The Labute approximate surface area is 130 Å². The van der Waals surface area contributed by atoms with E-state index < -0.39 is 5.41 Å². The molecule has 0 aliphatic heterocycles. The smallest absolute Gasteiger partial charge is 0.249 e. The minimum atomic E-state index is -0.463. The van der Waals surface area contributed by atoms with E-state index in [2.05, 4.69) is 15.5 Å². The van der Waals surface area contributed by atoms with Crippen LogP contribution in [0.15, 0.2) is 28.8 Å². The molecule has 118 valence electrons. The third-order valence-electron chi connectivity index (χ3n) is 3.29. The van der Waals surface area contributed by atoms with Crippen molar-refractivity contribution in [2.75, 3.05) is 0 Å². The van der Waals surface area contributed by atoms with Gasteiger partial charge in [-0.1, -0.05) is 50.2 Å². The fourth-order valence-electron chi connectivity index (χ4n) is 1.79. The molecule has 6 nitrogen and oxygen atoms in total. The van der Waals surface area contributed by atoms with Crippen molar-refractivity contribution in [1.82, 2.24) is 15.5 Å². The van der Waals surface area contributed by atoms with Gasteiger partial charge >= 0.3 is 0 Å². The monoisotopic (exact) mass is 302 g/mol. The second kappa shape index (κ2) is 6.27. The Morgan fingerprint density at radius 1 is 1.32 bits per heavy atom. The summed E-state index contributed by atoms with van der Waals surface area (Å²) < 4.78 is 5.25. The Morgan fingerprint density at radius 3 is 2.50 bits per heavy atom. The molecule has 0 saturated carbocycles. The van der Waals surface area contributed by atoms with Crippen LogP contribution in [0.25, 0.3) is 11.4 Å². The zero-order chi connectivity index (χ0) is 16.3. The molecule has 0 aliphatic carbocycles. The highest BCUT2D eigenvalue weighted by Crippen LogP contribution is 2.21. The SMILES string of the molecule is CC(NC(=O)C(C)(C)C)c1nc(-c2ccc(CN)cc2)no1. The van der Waals surface area contributed by atoms with Crippen molar-refractivity contribution in [1.29, 1.82) is 0 Å². The first-order valence-electron chi connectivity index (χ1n) is 7.25. The van der Waals surface area contributed by atoms with Crippen LogP contribution in [0.2, 0.25) is 0 Å². The fraction of sp³-hybridized carbons (Fsp3) is 0.438. The maximum atomic E-state index is 12.0. The van der Waals surface area contributed by atoms with Gasteiger partial charge in [0.1, 0.15) is 6.04 Å². The number of nitrogens with zero attached hydrogens (tertiary/aromatic N) is 2. The van der Waals surface area contributed by atoms with Crippen LogP contribution in [0, 0.1) is 5.41 Å². The second-order valence-corrected chi connectivity index (χ2v) is 6.30. The van der Waals surface area contributed by atoms with Gasteiger partial charge in [-0.05, 0) is 12.5 Å². The zero-order valence-corrected chi connectivity index (χ0v) is 13.4. The third-order valence-corrected chi connectivity index (χ3v) is 3.29. The van der Waals surface area contributed by atoms with E-state index in [1.165, 1.54) is 0 Å². The van der Waals surface area contributed by atoms with Gasteiger partial charge in [0.05, 0.1) is 0 Å². The zero-order valence-electron chi connectivity index (χ0n) is 13.4. The first-order valence-corrected chi connectivity index (χ1v) is 7.25. The maximum Gasteiger partial charge on any atom is 0.249 e. The lowest BCUT2D eigenvalue weighted by molar-refractivity contribution is -0.129. The van der Waals surface area contributed by atoms with Gasteiger partial charge in [0.25, 0.3) is 0 Å². The number of hydrogen-bond acceptors (Lipinski definition) is 5. The molecule has 3 N–H and O–H groups in total. The normalized spacial score (nSPS) is 13.0. The highest BCUT2D eigenvalue weighted by atomic mass is 16.5. The number of carbonyl (C=O) groups excluding carboxylic acids is 1. The average Bonchev–Trinajstić information content (AvgIpc) is 2.96. The van der Waals surface area contributed by atoms with E-state index in [0.29, 0.717) is 18.3 Å². The number of amides is 1. The molecular weight excluding hydrogens is 280 g/mol. The molecule has 0 radical (unpaired) electrons. The number of nitrogens with one attached hydrogen (secondary N) is 1. The Bertz CT molecular complexity index is 641. The van der Waals surface area contributed by atoms with Gasteiger partial charge in [-0.2, -0.15) is 4.98 Å². The third kappa shape index (κ3) is 3.71. The Kier molecular flexibility index (Phi) is 4.61. The van der Waals surface area contributed by atoms with Gasteiger partial charge in [0.2, 0.25) is 17.6 Å². The predicted octanol–water partition coefficient (Wildman–Crippen LogP) is 2.42. The Hall–Kier alpha value is -2.21. The minimum absolute atomic E-state index is 0.0629. The van der Waals surface area contributed by atoms with Crippen LogP contribution in [0.1, 0.15) is 45.2 Å². The lowest BCUT2D eigenvalue weighted by atomic mass is 9.95. The topological polar surface area (TPSA) is 94.0 Å². The molecule has 1 amide bonds. The Morgan fingerprint density at radius 2 is 1.95 bits per heavy atom. The first kappa shape index (κ1) is 16.2. The second-order valence-electron chi connectivity index (χ2n) is 6.30. The van der Waals surface area contributed by atoms with E-state index >= 15 is 0 Å². The van der Waals surface area contributed by atoms with Crippen molar-refractivity contribution in [3.05, 3.63) is 35.7 Å². The standard InChI is InChI=1S/C16H22N4O2/c1-10(18-15(21)16(2,3)4)14-19-13(20-22-14)12-7-5-11(9-17)6-8-12/h5-8,10H,9,17H2,1-4H3,(H,18,21). The molecule has 0 spiro atoms. The van der Waals surface area contributed by atoms with E-state index in [1.54, 1.807) is 0 Å². The van der Waals surface area contributed by atoms with Gasteiger partial charge in [-0.15, -0.1) is 0 Å². The molecule has 2 aromatic rings. The molecule has 1 atom stereocenters. The van der Waals surface area contributed by atoms with Crippen LogP contribution in [0.5, 0.6) is 0 Å². The summed E-state index contributed by atoms with van der Waals surface area (Å²) in [5, 5.41) is 6.83. The van der Waals surface area contributed by atoms with Gasteiger partial charge in [0.15, 0.2) is 0 Å². The van der Waals surface area contributed by atoms with Crippen LogP contribution in [-0.4, -0.2) is 16.0 Å². The van der Waals surface area contributed by atoms with Crippen LogP contribution < -0.4 is 11.1 Å². The number of benzene rings is 1. The molecular formula is C16H22N4O2. The molecule has 0 fully saturated rings. The molecule has 22 heavy (non-hydrogen) atoms. The molecule has 1 aromatic carbocycles. The highest BCUT2D eigenvalue weighted by molar-refractivity contribution is 5.81. The molecule has 0 aliphatic rings. The number of carbonyl (C=O) groups is 1. The number of rotatable bonds is 4. The molecule has 0 saturated heterocycles. The summed E-state index contributed by atoms with van der Waals surface area (Å²) in [4.78, 5) is 16.3. The summed E-state index contributed by atoms with van der Waals surface area (Å²) in [6, 6.07) is 7.31. The van der Waals surface area contributed by atoms with Gasteiger partial charge < -0.3 is 15.6 Å². The minimum Gasteiger partial charge on any atom is -0.344 e. The fourth-order valence-corrected chi connectivity index (χ4v) is 1.79. The van der Waals surface area contributed by atoms with E-state index in [9.17, 15) is 4.79 Å². The van der Waals surface area contributed by atoms with Crippen molar-refractivity contribution >= 4 is 5.91 Å². The number of nitrogens with two attached hydrogens (primary N) is 1. The Balaban J connectivity index is 2.11. The molecule has 1 aromatic heterocycles. The van der Waals surface area contributed by atoms with E-state index in [4.69, 9.17) is 10.3 Å². The van der Waals surface area contributed by atoms with Gasteiger partial charge in [0, 0.05) is 17.5 Å². The van der Waals surface area contributed by atoms with Gasteiger partial charge in [-0.3, -0.25) is 4.79 Å². The summed E-state index contributed by atoms with van der Waals surface area (Å²) in [7, 11) is 0. The quantitative estimate of drug-likeness (QED) is 0.904. The van der Waals surface area contributed by atoms with Crippen molar-refractivity contribution in [3.8, 4) is 11.4 Å². The van der Waals surface area contributed by atoms with E-state index in [-0.39, 0.29) is 11.9 Å². The molecule has 6 heteroatoms. The van der Waals surface area contributed by atoms with Crippen LogP contribution in [-0.2, 0) is 11.3 Å². The largest absolute Gasteiger partial charge is 0.344 e. The highest BCUT2D eigenvalue weighted by Gasteiger charge is 2.25. The summed E-state index contributed by atoms with van der Waals surface area (Å²) in [6.45, 7) is 7.87. The lowest BCUT2D eigenvalue weighted by Crippen LogP contribution is -2.36. The molecule has 1 heterocycles. The van der Waals surface area contributed by atoms with Crippen molar-refractivity contribution in [2.45, 2.75) is 40.3 Å². The summed E-state index contributed by atoms with van der Waals surface area (Å²) >= 11 is 0. The number of aromatic nitrogens is 2. The first-order chi connectivity index (χ1) is 10.3. The van der Waals surface area contributed by atoms with Crippen LogP contribution in [0.3, 0.4) is 0 Å². The van der Waals surface area contributed by atoms with E-state index in [1.807, 2.05) is 52.0 Å². The van der Waals surface area contributed by atoms with Crippen molar-refractivity contribution in [2.24, 2.45) is 11.1 Å². The van der Waals surface area contributed by atoms with Crippen LogP contribution >= 0.6 is 0 Å². The average molecular weight is 302 g/mol. The van der Waals surface area contributed by atoms with Crippen LogP contribution in [0.4, 0.5) is 0 Å².